The largest absolute Gasteiger partial charge is 0.618 e. The van der Waals surface area contributed by atoms with Crippen molar-refractivity contribution in [2.24, 2.45) is 0 Å². The molecule has 3 aromatic rings. The van der Waals surface area contributed by atoms with Crippen molar-refractivity contribution < 1.29 is 18.5 Å². The second kappa shape index (κ2) is 9.03. The minimum absolute atomic E-state index is 0.0463. The normalized spacial score (nSPS) is 11.4. The molecule has 146 valence electrons. The lowest BCUT2D eigenvalue weighted by molar-refractivity contribution is -0.645. The molecule has 0 unspecified atom stereocenters. The van der Waals surface area contributed by atoms with Crippen molar-refractivity contribution in [1.82, 2.24) is 0 Å². The van der Waals surface area contributed by atoms with E-state index in [0.29, 0.717) is 32.2 Å². The van der Waals surface area contributed by atoms with E-state index in [-0.39, 0.29) is 30.9 Å². The van der Waals surface area contributed by atoms with Crippen LogP contribution in [0.4, 0.5) is 0 Å². The topological polar surface area (TPSA) is 80.2 Å². The second-order valence-corrected chi connectivity index (χ2v) is 13.4. The molecule has 0 amide bonds. The standard InChI is InChI=1S/C16H10Cl3N2O4PS2/c17-11-9-12(18)16(13(19)10-11)25-26(24,27-14-5-1-3-7-20(14)22)28-15-6-2-4-8-21(15)23/h1-10H. The fraction of sp³-hybridized carbons (Fsp3) is 0. The van der Waals surface area contributed by atoms with E-state index in [9.17, 15) is 15.0 Å². The van der Waals surface area contributed by atoms with E-state index in [0.717, 1.165) is 0 Å². The summed E-state index contributed by atoms with van der Waals surface area (Å²) in [6.45, 7) is 0. The van der Waals surface area contributed by atoms with Gasteiger partial charge in [-0.3, -0.25) is 4.57 Å². The highest BCUT2D eigenvalue weighted by Crippen LogP contribution is 2.73. The molecule has 0 fully saturated rings. The van der Waals surface area contributed by atoms with Crippen LogP contribution in [0, 0.1) is 10.4 Å². The molecule has 0 spiro atoms. The quantitative estimate of drug-likeness (QED) is 0.238. The molecule has 0 saturated heterocycles. The van der Waals surface area contributed by atoms with E-state index >= 15 is 0 Å². The molecular weight excluding hydrogens is 486 g/mol. The van der Waals surface area contributed by atoms with Crippen LogP contribution in [0.3, 0.4) is 0 Å². The summed E-state index contributed by atoms with van der Waals surface area (Å²) in [6.07, 6.45) is 2.52. The first-order chi connectivity index (χ1) is 13.3. The molecule has 0 bridgehead atoms. The molecule has 28 heavy (non-hydrogen) atoms. The Labute approximate surface area is 183 Å². The van der Waals surface area contributed by atoms with Gasteiger partial charge in [-0.2, -0.15) is 9.46 Å². The molecule has 0 aliphatic heterocycles. The molecule has 2 heterocycles. The summed E-state index contributed by atoms with van der Waals surface area (Å²) >= 11 is 19.5. The van der Waals surface area contributed by atoms with Crippen LogP contribution in [0.5, 0.6) is 5.75 Å². The summed E-state index contributed by atoms with van der Waals surface area (Å²) in [5.74, 6) is -3.89. The third-order valence-corrected chi connectivity index (χ3v) is 10.0. The maximum atomic E-state index is 13.7. The smallest absolute Gasteiger partial charge is 0.380 e. The highest BCUT2D eigenvalue weighted by atomic mass is 35.5. The maximum absolute atomic E-state index is 13.7. The zero-order valence-electron chi connectivity index (χ0n) is 13.7. The lowest BCUT2D eigenvalue weighted by Crippen LogP contribution is -2.28. The first-order valence-electron chi connectivity index (χ1n) is 7.47. The van der Waals surface area contributed by atoms with Gasteiger partial charge in [0.1, 0.15) is 0 Å². The predicted molar refractivity (Wildman–Crippen MR) is 112 cm³/mol. The Morgan fingerprint density at radius 2 is 1.32 bits per heavy atom. The van der Waals surface area contributed by atoms with Crippen LogP contribution in [0.25, 0.3) is 0 Å². The van der Waals surface area contributed by atoms with E-state index in [1.165, 1.54) is 48.8 Å². The molecule has 0 aliphatic carbocycles. The van der Waals surface area contributed by atoms with E-state index in [2.05, 4.69) is 0 Å². The Hall–Kier alpha value is -1.28. The fourth-order valence-corrected chi connectivity index (χ4v) is 9.25. The van der Waals surface area contributed by atoms with Crippen molar-refractivity contribution in [3.05, 3.63) is 86.4 Å². The number of rotatable bonds is 6. The monoisotopic (exact) mass is 494 g/mol. The van der Waals surface area contributed by atoms with Crippen LogP contribution < -0.4 is 14.0 Å². The van der Waals surface area contributed by atoms with Gasteiger partial charge in [-0.05, 0) is 24.3 Å². The molecular formula is C16H10Cl3N2O4PS2. The van der Waals surface area contributed by atoms with Gasteiger partial charge in [0, 0.05) is 29.3 Å². The SMILES string of the molecule is O=P(Oc1c(Cl)cc(Cl)cc1Cl)(Sc1cccc[n+]1[O-])Sc1cccc[n+]1[O-]. The van der Waals surface area contributed by atoms with Crippen molar-refractivity contribution in [3.63, 3.8) is 0 Å². The summed E-state index contributed by atoms with van der Waals surface area (Å²) in [4.78, 5) is 0. The highest BCUT2D eigenvalue weighted by Gasteiger charge is 2.36. The van der Waals surface area contributed by atoms with Crippen molar-refractivity contribution >= 4 is 63.3 Å². The lowest BCUT2D eigenvalue weighted by atomic mass is 10.3. The Bertz CT molecular complexity index is 999. The number of hydrogen-bond acceptors (Lipinski definition) is 6. The number of benzene rings is 1. The van der Waals surface area contributed by atoms with Crippen LogP contribution in [0.1, 0.15) is 0 Å². The van der Waals surface area contributed by atoms with Gasteiger partial charge >= 0.3 is 5.77 Å². The number of halogens is 3. The molecule has 0 aliphatic rings. The van der Waals surface area contributed by atoms with E-state index in [1.807, 2.05) is 0 Å². The molecule has 12 heteroatoms. The van der Waals surface area contributed by atoms with E-state index < -0.39 is 5.77 Å². The van der Waals surface area contributed by atoms with Crippen molar-refractivity contribution in [2.75, 3.05) is 0 Å². The Balaban J connectivity index is 2.03. The third kappa shape index (κ3) is 5.20. The van der Waals surface area contributed by atoms with E-state index in [4.69, 9.17) is 39.3 Å². The number of aromatic nitrogens is 2. The van der Waals surface area contributed by atoms with E-state index in [1.54, 1.807) is 12.1 Å². The molecule has 2 aromatic heterocycles. The minimum atomic E-state index is -3.83. The van der Waals surface area contributed by atoms with Crippen molar-refractivity contribution in [2.45, 2.75) is 10.1 Å². The Morgan fingerprint density at radius 1 is 0.857 bits per heavy atom. The number of pyridine rings is 2. The molecule has 1 aromatic carbocycles. The summed E-state index contributed by atoms with van der Waals surface area (Å²) in [5, 5.41) is 24.6. The van der Waals surface area contributed by atoms with Crippen LogP contribution in [-0.4, -0.2) is 0 Å². The van der Waals surface area contributed by atoms with Gasteiger partial charge in [-0.1, -0.05) is 34.8 Å². The molecule has 0 N–H and O–H groups in total. The predicted octanol–water partition coefficient (Wildman–Crippen LogP) is 5.99. The summed E-state index contributed by atoms with van der Waals surface area (Å²) < 4.78 is 20.4. The van der Waals surface area contributed by atoms with Gasteiger partial charge in [-0.15, -0.1) is 0 Å². The Kier molecular flexibility index (Phi) is 6.91. The molecule has 0 radical (unpaired) electrons. The van der Waals surface area contributed by atoms with Crippen molar-refractivity contribution in [3.8, 4) is 5.75 Å². The molecule has 0 saturated carbocycles. The maximum Gasteiger partial charge on any atom is 0.380 e. The van der Waals surface area contributed by atoms with Gasteiger partial charge in [0.15, 0.2) is 18.1 Å². The summed E-state index contributed by atoms with van der Waals surface area (Å²) in [5.41, 5.74) is 0. The lowest BCUT2D eigenvalue weighted by Gasteiger charge is -2.18. The summed E-state index contributed by atoms with van der Waals surface area (Å²) in [7, 11) is 0. The van der Waals surface area contributed by atoms with Gasteiger partial charge in [0.25, 0.3) is 10.1 Å². The third-order valence-electron chi connectivity index (χ3n) is 3.15. The number of hydrogen-bond donors (Lipinski definition) is 0. The van der Waals surface area contributed by atoms with Crippen LogP contribution in [0.2, 0.25) is 15.1 Å². The van der Waals surface area contributed by atoms with Crippen LogP contribution in [0.15, 0.2) is 71.0 Å². The average Bonchev–Trinajstić information content (AvgIpc) is 2.62. The fourth-order valence-electron chi connectivity index (χ4n) is 1.98. The van der Waals surface area contributed by atoms with Gasteiger partial charge in [0.2, 0.25) is 0 Å². The molecule has 0 atom stereocenters. The van der Waals surface area contributed by atoms with Crippen LogP contribution >= 0.6 is 63.3 Å². The highest BCUT2D eigenvalue weighted by molar-refractivity contribution is 8.89. The van der Waals surface area contributed by atoms with Crippen LogP contribution in [-0.2, 0) is 4.57 Å². The zero-order chi connectivity index (χ0) is 20.3. The zero-order valence-corrected chi connectivity index (χ0v) is 18.5. The average molecular weight is 496 g/mol. The van der Waals surface area contributed by atoms with Crippen molar-refractivity contribution in [1.29, 1.82) is 0 Å². The first kappa shape index (κ1) is 21.4. The second-order valence-electron chi connectivity index (χ2n) is 5.15. The molecule has 3 rings (SSSR count). The minimum Gasteiger partial charge on any atom is -0.618 e. The van der Waals surface area contributed by atoms with Gasteiger partial charge in [-0.25, -0.2) is 0 Å². The Morgan fingerprint density at radius 3 is 1.75 bits per heavy atom. The molecule has 6 nitrogen and oxygen atoms in total. The summed E-state index contributed by atoms with van der Waals surface area (Å²) in [6, 6.07) is 12.0. The van der Waals surface area contributed by atoms with Gasteiger partial charge in [0.05, 0.1) is 32.8 Å². The van der Waals surface area contributed by atoms with Gasteiger partial charge < -0.3 is 14.9 Å². The number of nitrogens with zero attached hydrogens (tertiary/aromatic N) is 2. The first-order valence-corrected chi connectivity index (χ1v) is 13.1.